The monoisotopic (exact) mass is 545 g/mol. The average molecular weight is 546 g/mol. The summed E-state index contributed by atoms with van der Waals surface area (Å²) in [5.41, 5.74) is 5.80. The number of aryl methyl sites for hydroxylation is 1. The maximum atomic E-state index is 14.0. The van der Waals surface area contributed by atoms with Gasteiger partial charge in [-0.1, -0.05) is 121 Å². The molecule has 0 atom stereocenters. The SMILES string of the molecule is Cc1cc2ccn(Cc3ncn(C(c4ccccc4)(c4ccccc4)c4ccccc4)c3C)c(=O)c2c2ccccc12. The van der Waals surface area contributed by atoms with Crippen molar-refractivity contribution in [1.29, 1.82) is 0 Å². The molecule has 2 heterocycles. The summed E-state index contributed by atoms with van der Waals surface area (Å²) in [4.78, 5) is 18.9. The molecule has 0 bridgehead atoms. The topological polar surface area (TPSA) is 39.8 Å². The number of fused-ring (bicyclic) bond motifs is 3. The van der Waals surface area contributed by atoms with Gasteiger partial charge in [0.2, 0.25) is 0 Å². The highest BCUT2D eigenvalue weighted by Crippen LogP contribution is 2.42. The molecule has 7 rings (SSSR count). The van der Waals surface area contributed by atoms with Gasteiger partial charge in [0.25, 0.3) is 5.56 Å². The van der Waals surface area contributed by atoms with Gasteiger partial charge in [0, 0.05) is 11.9 Å². The Morgan fingerprint density at radius 1 is 0.667 bits per heavy atom. The molecule has 204 valence electrons. The van der Waals surface area contributed by atoms with E-state index >= 15 is 0 Å². The second kappa shape index (κ2) is 10.3. The number of hydrogen-bond acceptors (Lipinski definition) is 2. The van der Waals surface area contributed by atoms with Crippen molar-refractivity contribution in [3.8, 4) is 0 Å². The van der Waals surface area contributed by atoms with Crippen LogP contribution in [0.25, 0.3) is 21.5 Å². The molecule has 7 aromatic rings. The van der Waals surface area contributed by atoms with E-state index in [9.17, 15) is 4.79 Å². The van der Waals surface area contributed by atoms with E-state index in [0.29, 0.717) is 6.54 Å². The lowest BCUT2D eigenvalue weighted by Crippen LogP contribution is -2.38. The summed E-state index contributed by atoms with van der Waals surface area (Å²) in [5, 5.41) is 3.82. The Kier molecular flexibility index (Phi) is 6.32. The predicted octanol–water partition coefficient (Wildman–Crippen LogP) is 7.86. The lowest BCUT2D eigenvalue weighted by atomic mass is 9.76. The molecule has 0 spiro atoms. The summed E-state index contributed by atoms with van der Waals surface area (Å²) in [6.07, 6.45) is 3.83. The Hall–Kier alpha value is -5.22. The fourth-order valence-corrected chi connectivity index (χ4v) is 6.52. The van der Waals surface area contributed by atoms with Crippen LogP contribution in [0, 0.1) is 13.8 Å². The smallest absolute Gasteiger partial charge is 0.259 e. The minimum absolute atomic E-state index is 0.00177. The summed E-state index contributed by atoms with van der Waals surface area (Å²) in [5.74, 6) is 0. The van der Waals surface area contributed by atoms with Crippen molar-refractivity contribution in [3.63, 3.8) is 0 Å². The van der Waals surface area contributed by atoms with Crippen LogP contribution in [0.4, 0.5) is 0 Å². The minimum Gasteiger partial charge on any atom is -0.316 e. The Balaban J connectivity index is 1.43. The van der Waals surface area contributed by atoms with Crippen molar-refractivity contribution in [2.45, 2.75) is 25.9 Å². The Labute approximate surface area is 245 Å². The van der Waals surface area contributed by atoms with E-state index in [1.54, 1.807) is 4.57 Å². The van der Waals surface area contributed by atoms with Crippen LogP contribution in [0.15, 0.2) is 145 Å². The largest absolute Gasteiger partial charge is 0.316 e. The molecule has 0 radical (unpaired) electrons. The highest BCUT2D eigenvalue weighted by Gasteiger charge is 2.39. The standard InChI is InChI=1S/C38H31N3O/c1-27-24-29-22-23-40(37(42)36(29)34-21-13-12-20-33(27)34)25-35-28(2)41(26-39-35)38(30-14-6-3-7-15-30,31-16-8-4-9-17-31)32-18-10-5-11-19-32/h3-24,26H,25H2,1-2H3. The molecule has 4 heteroatoms. The number of imidazole rings is 1. The van der Waals surface area contributed by atoms with Crippen molar-refractivity contribution < 1.29 is 0 Å². The van der Waals surface area contributed by atoms with Gasteiger partial charge in [-0.3, -0.25) is 4.79 Å². The zero-order valence-corrected chi connectivity index (χ0v) is 23.7. The van der Waals surface area contributed by atoms with Gasteiger partial charge in [0.05, 0.1) is 24.0 Å². The maximum Gasteiger partial charge on any atom is 0.259 e. The number of hydrogen-bond donors (Lipinski definition) is 0. The van der Waals surface area contributed by atoms with E-state index in [1.807, 2.05) is 55.0 Å². The number of rotatable bonds is 6. The van der Waals surface area contributed by atoms with Gasteiger partial charge in [-0.05, 0) is 58.3 Å². The molecule has 0 saturated carbocycles. The number of aromatic nitrogens is 3. The third kappa shape index (κ3) is 3.99. The number of benzene rings is 5. The first-order chi connectivity index (χ1) is 20.6. The second-order valence-electron chi connectivity index (χ2n) is 10.9. The normalized spacial score (nSPS) is 11.8. The van der Waals surface area contributed by atoms with Crippen molar-refractivity contribution in [1.82, 2.24) is 14.1 Å². The van der Waals surface area contributed by atoms with Gasteiger partial charge in [-0.25, -0.2) is 4.98 Å². The molecule has 0 N–H and O–H groups in total. The number of pyridine rings is 1. The van der Waals surface area contributed by atoms with Crippen LogP contribution in [-0.4, -0.2) is 14.1 Å². The van der Waals surface area contributed by atoms with E-state index in [1.165, 1.54) is 5.56 Å². The molecule has 0 fully saturated rings. The van der Waals surface area contributed by atoms with Gasteiger partial charge < -0.3 is 9.13 Å². The fraction of sp³-hybridized carbons (Fsp3) is 0.105. The van der Waals surface area contributed by atoms with Gasteiger partial charge in [0.1, 0.15) is 5.54 Å². The zero-order chi connectivity index (χ0) is 28.7. The first kappa shape index (κ1) is 25.7. The minimum atomic E-state index is -0.652. The molecule has 0 saturated heterocycles. The molecule has 4 nitrogen and oxygen atoms in total. The van der Waals surface area contributed by atoms with Crippen molar-refractivity contribution >= 4 is 21.5 Å². The molecule has 2 aromatic heterocycles. The van der Waals surface area contributed by atoms with E-state index in [-0.39, 0.29) is 5.56 Å². The van der Waals surface area contributed by atoms with Crippen molar-refractivity contribution in [2.24, 2.45) is 0 Å². The van der Waals surface area contributed by atoms with E-state index in [2.05, 4.69) is 103 Å². The van der Waals surface area contributed by atoms with E-state index in [0.717, 1.165) is 49.6 Å². The zero-order valence-electron chi connectivity index (χ0n) is 23.7. The highest BCUT2D eigenvalue weighted by molar-refractivity contribution is 6.08. The summed E-state index contributed by atoms with van der Waals surface area (Å²) >= 11 is 0. The van der Waals surface area contributed by atoms with Crippen LogP contribution >= 0.6 is 0 Å². The van der Waals surface area contributed by atoms with Crippen LogP contribution < -0.4 is 5.56 Å². The van der Waals surface area contributed by atoms with Crippen LogP contribution in [0.5, 0.6) is 0 Å². The van der Waals surface area contributed by atoms with Crippen LogP contribution in [0.1, 0.15) is 33.6 Å². The van der Waals surface area contributed by atoms with Gasteiger partial charge >= 0.3 is 0 Å². The first-order valence-corrected chi connectivity index (χ1v) is 14.3. The second-order valence-corrected chi connectivity index (χ2v) is 10.9. The van der Waals surface area contributed by atoms with Crippen molar-refractivity contribution in [2.75, 3.05) is 0 Å². The summed E-state index contributed by atoms with van der Waals surface area (Å²) < 4.78 is 4.06. The third-order valence-corrected chi connectivity index (χ3v) is 8.55. The van der Waals surface area contributed by atoms with Crippen LogP contribution in [-0.2, 0) is 12.1 Å². The van der Waals surface area contributed by atoms with Crippen molar-refractivity contribution in [3.05, 3.63) is 184 Å². The van der Waals surface area contributed by atoms with Gasteiger partial charge in [0.15, 0.2) is 0 Å². The predicted molar refractivity (Wildman–Crippen MR) is 171 cm³/mol. The molecular weight excluding hydrogens is 514 g/mol. The maximum absolute atomic E-state index is 14.0. The lowest BCUT2D eigenvalue weighted by molar-refractivity contribution is 0.502. The summed E-state index contributed by atoms with van der Waals surface area (Å²) in [6.45, 7) is 4.59. The third-order valence-electron chi connectivity index (χ3n) is 8.55. The molecule has 0 aliphatic rings. The number of nitrogens with zero attached hydrogens (tertiary/aromatic N) is 3. The lowest BCUT2D eigenvalue weighted by Gasteiger charge is -2.38. The molecule has 0 amide bonds. The quantitative estimate of drug-likeness (QED) is 0.158. The Bertz CT molecular complexity index is 2000. The van der Waals surface area contributed by atoms with Gasteiger partial charge in [-0.2, -0.15) is 0 Å². The highest BCUT2D eigenvalue weighted by atomic mass is 16.1. The van der Waals surface area contributed by atoms with Crippen LogP contribution in [0.2, 0.25) is 0 Å². The van der Waals surface area contributed by atoms with Gasteiger partial charge in [-0.15, -0.1) is 0 Å². The van der Waals surface area contributed by atoms with E-state index < -0.39 is 5.54 Å². The summed E-state index contributed by atoms with van der Waals surface area (Å²) in [7, 11) is 0. The average Bonchev–Trinajstić information content (AvgIpc) is 3.40. The molecule has 0 aliphatic carbocycles. The molecule has 5 aromatic carbocycles. The first-order valence-electron chi connectivity index (χ1n) is 14.3. The fourth-order valence-electron chi connectivity index (χ4n) is 6.52. The van der Waals surface area contributed by atoms with Crippen LogP contribution in [0.3, 0.4) is 0 Å². The molecule has 42 heavy (non-hydrogen) atoms. The molecule has 0 aliphatic heterocycles. The molecular formula is C38H31N3O. The molecule has 0 unspecified atom stereocenters. The Morgan fingerprint density at radius 3 is 1.76 bits per heavy atom. The Morgan fingerprint density at radius 2 is 1.19 bits per heavy atom. The summed E-state index contributed by atoms with van der Waals surface area (Å²) in [6, 6.07) is 44.1. The van der Waals surface area contributed by atoms with E-state index in [4.69, 9.17) is 4.98 Å².